The number of phenols is 1. The summed E-state index contributed by atoms with van der Waals surface area (Å²) < 4.78 is 10.5. The van der Waals surface area contributed by atoms with Gasteiger partial charge in [0.2, 0.25) is 0 Å². The number of hydrogen-bond acceptors (Lipinski definition) is 4. The second-order valence-electron chi connectivity index (χ2n) is 4.79. The van der Waals surface area contributed by atoms with Gasteiger partial charge < -0.3 is 19.9 Å². The van der Waals surface area contributed by atoms with Gasteiger partial charge in [-0.05, 0) is 37.0 Å². The summed E-state index contributed by atoms with van der Waals surface area (Å²) in [6, 6.07) is 5.70. The highest BCUT2D eigenvalue weighted by molar-refractivity contribution is 5.42. The number of phenolic OH excluding ortho intramolecular Hbond substituents is 1. The molecule has 1 aliphatic rings. The van der Waals surface area contributed by atoms with E-state index < -0.39 is 0 Å². The number of rotatable bonds is 5. The van der Waals surface area contributed by atoms with Gasteiger partial charge in [-0.1, -0.05) is 6.07 Å². The van der Waals surface area contributed by atoms with Crippen molar-refractivity contribution >= 4 is 0 Å². The van der Waals surface area contributed by atoms with Crippen molar-refractivity contribution in [1.82, 2.24) is 5.32 Å². The third kappa shape index (κ3) is 3.15. The Hall–Kier alpha value is -1.26. The normalized spacial score (nSPS) is 20.9. The molecule has 0 saturated carbocycles. The minimum atomic E-state index is 0.178. The molecule has 0 spiro atoms. The van der Waals surface area contributed by atoms with Gasteiger partial charge >= 0.3 is 0 Å². The van der Waals surface area contributed by atoms with Crippen LogP contribution >= 0.6 is 0 Å². The molecule has 2 rings (SSSR count). The number of ether oxygens (including phenoxy) is 2. The first kappa shape index (κ1) is 13.2. The summed E-state index contributed by atoms with van der Waals surface area (Å²) in [5, 5.41) is 13.1. The number of methoxy groups -OCH3 is 1. The van der Waals surface area contributed by atoms with E-state index in [4.69, 9.17) is 9.47 Å². The molecule has 1 saturated heterocycles. The van der Waals surface area contributed by atoms with E-state index in [0.29, 0.717) is 11.7 Å². The maximum absolute atomic E-state index is 9.56. The van der Waals surface area contributed by atoms with Crippen LogP contribution in [0.15, 0.2) is 18.2 Å². The Morgan fingerprint density at radius 3 is 3.06 bits per heavy atom. The zero-order chi connectivity index (χ0) is 13.0. The quantitative estimate of drug-likeness (QED) is 0.841. The molecule has 2 N–H and O–H groups in total. The van der Waals surface area contributed by atoms with Crippen LogP contribution in [0.1, 0.15) is 24.9 Å². The number of benzene rings is 1. The van der Waals surface area contributed by atoms with Crippen molar-refractivity contribution in [3.63, 3.8) is 0 Å². The Labute approximate surface area is 108 Å². The SMILES string of the molecule is COc1cc(C(C)NCC2CCOC2)ccc1O. The second-order valence-corrected chi connectivity index (χ2v) is 4.79. The van der Waals surface area contributed by atoms with Crippen LogP contribution in [0.4, 0.5) is 0 Å². The van der Waals surface area contributed by atoms with Crippen LogP contribution in [-0.2, 0) is 4.74 Å². The zero-order valence-corrected chi connectivity index (χ0v) is 11.0. The predicted octanol–water partition coefficient (Wildman–Crippen LogP) is 2.09. The van der Waals surface area contributed by atoms with Crippen LogP contribution in [0.5, 0.6) is 11.5 Å². The molecule has 4 heteroatoms. The summed E-state index contributed by atoms with van der Waals surface area (Å²) in [5.41, 5.74) is 1.11. The van der Waals surface area contributed by atoms with E-state index in [-0.39, 0.29) is 11.8 Å². The van der Waals surface area contributed by atoms with Crippen molar-refractivity contribution in [1.29, 1.82) is 0 Å². The number of nitrogens with one attached hydrogen (secondary N) is 1. The lowest BCUT2D eigenvalue weighted by Gasteiger charge is -2.17. The summed E-state index contributed by atoms with van der Waals surface area (Å²) in [5.74, 6) is 1.31. The van der Waals surface area contributed by atoms with E-state index in [1.54, 1.807) is 13.2 Å². The van der Waals surface area contributed by atoms with E-state index in [9.17, 15) is 5.11 Å². The van der Waals surface area contributed by atoms with Crippen LogP contribution in [-0.4, -0.2) is 32.0 Å². The fourth-order valence-corrected chi connectivity index (χ4v) is 2.17. The lowest BCUT2D eigenvalue weighted by molar-refractivity contribution is 0.184. The van der Waals surface area contributed by atoms with Gasteiger partial charge in [-0.25, -0.2) is 0 Å². The van der Waals surface area contributed by atoms with Crippen molar-refractivity contribution in [3.05, 3.63) is 23.8 Å². The molecule has 1 aromatic rings. The number of hydrogen-bond donors (Lipinski definition) is 2. The first-order valence-electron chi connectivity index (χ1n) is 6.38. The van der Waals surface area contributed by atoms with Gasteiger partial charge in [0.1, 0.15) is 0 Å². The number of aromatic hydroxyl groups is 1. The second kappa shape index (κ2) is 6.07. The summed E-state index contributed by atoms with van der Waals surface area (Å²) in [6.07, 6.45) is 1.14. The molecule has 1 heterocycles. The van der Waals surface area contributed by atoms with Crippen molar-refractivity contribution in [2.24, 2.45) is 5.92 Å². The van der Waals surface area contributed by atoms with Gasteiger partial charge in [-0.15, -0.1) is 0 Å². The highest BCUT2D eigenvalue weighted by Crippen LogP contribution is 2.28. The maximum Gasteiger partial charge on any atom is 0.160 e. The Balaban J connectivity index is 1.93. The van der Waals surface area contributed by atoms with E-state index in [1.165, 1.54) is 0 Å². The molecule has 100 valence electrons. The minimum absolute atomic E-state index is 0.178. The average molecular weight is 251 g/mol. The molecule has 0 radical (unpaired) electrons. The van der Waals surface area contributed by atoms with Crippen LogP contribution < -0.4 is 10.1 Å². The first-order valence-corrected chi connectivity index (χ1v) is 6.38. The lowest BCUT2D eigenvalue weighted by atomic mass is 10.1. The molecule has 1 fully saturated rings. The summed E-state index contributed by atoms with van der Waals surface area (Å²) in [4.78, 5) is 0. The standard InChI is InChI=1S/C14H21NO3/c1-10(15-8-11-5-6-18-9-11)12-3-4-13(16)14(7-12)17-2/h3-4,7,10-11,15-16H,5-6,8-9H2,1-2H3. The summed E-state index contributed by atoms with van der Waals surface area (Å²) >= 11 is 0. The molecule has 0 aromatic heterocycles. The molecule has 2 atom stereocenters. The largest absolute Gasteiger partial charge is 0.504 e. The summed E-state index contributed by atoms with van der Waals surface area (Å²) in [6.45, 7) is 4.82. The van der Waals surface area contributed by atoms with Gasteiger partial charge in [0.15, 0.2) is 11.5 Å². The Morgan fingerprint density at radius 2 is 2.39 bits per heavy atom. The predicted molar refractivity (Wildman–Crippen MR) is 70.0 cm³/mol. The van der Waals surface area contributed by atoms with E-state index >= 15 is 0 Å². The Bertz CT molecular complexity index is 389. The lowest BCUT2D eigenvalue weighted by Crippen LogP contribution is -2.26. The van der Waals surface area contributed by atoms with Crippen LogP contribution in [0.3, 0.4) is 0 Å². The van der Waals surface area contributed by atoms with Gasteiger partial charge in [0.05, 0.1) is 13.7 Å². The van der Waals surface area contributed by atoms with Crippen LogP contribution in [0.2, 0.25) is 0 Å². The van der Waals surface area contributed by atoms with Gasteiger partial charge in [-0.2, -0.15) is 0 Å². The van der Waals surface area contributed by atoms with Gasteiger partial charge in [0, 0.05) is 19.2 Å². The molecule has 1 aromatic carbocycles. The molecule has 18 heavy (non-hydrogen) atoms. The van der Waals surface area contributed by atoms with Gasteiger partial charge in [-0.3, -0.25) is 0 Å². The van der Waals surface area contributed by atoms with Crippen LogP contribution in [0, 0.1) is 5.92 Å². The molecule has 4 nitrogen and oxygen atoms in total. The van der Waals surface area contributed by atoms with Crippen molar-refractivity contribution in [2.45, 2.75) is 19.4 Å². The van der Waals surface area contributed by atoms with Crippen molar-refractivity contribution in [3.8, 4) is 11.5 Å². The molecule has 0 aliphatic carbocycles. The van der Waals surface area contributed by atoms with E-state index in [1.807, 2.05) is 12.1 Å². The van der Waals surface area contributed by atoms with Crippen LogP contribution in [0.25, 0.3) is 0 Å². The monoisotopic (exact) mass is 251 g/mol. The highest BCUT2D eigenvalue weighted by Gasteiger charge is 2.17. The van der Waals surface area contributed by atoms with Gasteiger partial charge in [0.25, 0.3) is 0 Å². The molecule has 2 unspecified atom stereocenters. The Morgan fingerprint density at radius 1 is 1.56 bits per heavy atom. The van der Waals surface area contributed by atoms with Crippen molar-refractivity contribution < 1.29 is 14.6 Å². The maximum atomic E-state index is 9.56. The molecule has 0 amide bonds. The zero-order valence-electron chi connectivity index (χ0n) is 11.0. The molecule has 1 aliphatic heterocycles. The third-order valence-corrected chi connectivity index (χ3v) is 3.44. The average Bonchev–Trinajstić information content (AvgIpc) is 2.89. The van der Waals surface area contributed by atoms with Crippen molar-refractivity contribution in [2.75, 3.05) is 26.9 Å². The fourth-order valence-electron chi connectivity index (χ4n) is 2.17. The highest BCUT2D eigenvalue weighted by atomic mass is 16.5. The minimum Gasteiger partial charge on any atom is -0.504 e. The Kier molecular flexibility index (Phi) is 4.44. The third-order valence-electron chi connectivity index (χ3n) is 3.44. The van der Waals surface area contributed by atoms with E-state index in [0.717, 1.165) is 31.7 Å². The summed E-state index contributed by atoms with van der Waals surface area (Å²) in [7, 11) is 1.56. The topological polar surface area (TPSA) is 50.7 Å². The molecule has 0 bridgehead atoms. The smallest absolute Gasteiger partial charge is 0.160 e. The first-order chi connectivity index (χ1) is 8.70. The van der Waals surface area contributed by atoms with E-state index in [2.05, 4.69) is 12.2 Å². The molecular formula is C14H21NO3. The fraction of sp³-hybridized carbons (Fsp3) is 0.571. The molecular weight excluding hydrogens is 230 g/mol.